The predicted molar refractivity (Wildman–Crippen MR) is 78.7 cm³/mol. The van der Waals surface area contributed by atoms with Crippen LogP contribution in [0.5, 0.6) is 0 Å². The Balaban J connectivity index is 1.89. The predicted octanol–water partition coefficient (Wildman–Crippen LogP) is 2.89. The lowest BCUT2D eigenvalue weighted by atomic mass is 10.2. The van der Waals surface area contributed by atoms with Gasteiger partial charge in [0.1, 0.15) is 5.82 Å². The number of nitrogens with zero attached hydrogens (tertiary/aromatic N) is 2. The molecule has 0 saturated carbocycles. The van der Waals surface area contributed by atoms with Crippen molar-refractivity contribution in [2.24, 2.45) is 0 Å². The Morgan fingerprint density at radius 3 is 2.52 bits per heavy atom. The molecule has 0 aliphatic rings. The van der Waals surface area contributed by atoms with E-state index in [0.717, 1.165) is 0 Å². The standard InChI is InChI=1S/C14H12FN3O4S/c1-8-3-4-11(10(15)7-8)18-23(19,20)13-6-5-12(22-13)14-17-16-9(2)21-14/h3-7,18H,1-2H3. The fourth-order valence-electron chi connectivity index (χ4n) is 1.87. The summed E-state index contributed by atoms with van der Waals surface area (Å²) < 4.78 is 50.8. The van der Waals surface area contributed by atoms with Crippen LogP contribution in [-0.4, -0.2) is 18.6 Å². The molecule has 2 aromatic heterocycles. The van der Waals surface area contributed by atoms with Crippen LogP contribution in [0.4, 0.5) is 10.1 Å². The van der Waals surface area contributed by atoms with E-state index in [9.17, 15) is 12.8 Å². The second-order valence-electron chi connectivity index (χ2n) is 4.83. The van der Waals surface area contributed by atoms with Gasteiger partial charge in [0.2, 0.25) is 11.0 Å². The maximum absolute atomic E-state index is 13.8. The summed E-state index contributed by atoms with van der Waals surface area (Å²) in [6.45, 7) is 3.30. The first kappa shape index (κ1) is 15.2. The average molecular weight is 337 g/mol. The fourth-order valence-corrected chi connectivity index (χ4v) is 2.88. The molecule has 23 heavy (non-hydrogen) atoms. The summed E-state index contributed by atoms with van der Waals surface area (Å²) in [4.78, 5) is 0. The Morgan fingerprint density at radius 1 is 1.09 bits per heavy atom. The second-order valence-corrected chi connectivity index (χ2v) is 6.45. The summed E-state index contributed by atoms with van der Waals surface area (Å²) in [5, 5.41) is 6.98. The molecule has 0 amide bonds. The zero-order valence-electron chi connectivity index (χ0n) is 12.2. The highest BCUT2D eigenvalue weighted by Gasteiger charge is 2.22. The molecule has 0 atom stereocenters. The molecule has 0 radical (unpaired) electrons. The fraction of sp³-hybridized carbons (Fsp3) is 0.143. The van der Waals surface area contributed by atoms with E-state index in [4.69, 9.17) is 8.83 Å². The molecule has 7 nitrogen and oxygen atoms in total. The van der Waals surface area contributed by atoms with Gasteiger partial charge in [-0.2, -0.15) is 8.42 Å². The second kappa shape index (κ2) is 5.51. The van der Waals surface area contributed by atoms with Gasteiger partial charge in [-0.15, -0.1) is 10.2 Å². The number of hydrogen-bond donors (Lipinski definition) is 1. The summed E-state index contributed by atoms with van der Waals surface area (Å²) in [5.74, 6) is -0.186. The zero-order chi connectivity index (χ0) is 16.6. The van der Waals surface area contributed by atoms with Crippen molar-refractivity contribution in [1.82, 2.24) is 10.2 Å². The van der Waals surface area contributed by atoms with Crippen LogP contribution in [-0.2, 0) is 10.0 Å². The van der Waals surface area contributed by atoms with Gasteiger partial charge >= 0.3 is 0 Å². The van der Waals surface area contributed by atoms with Crippen LogP contribution in [0.15, 0.2) is 44.3 Å². The Labute approximate surface area is 131 Å². The van der Waals surface area contributed by atoms with E-state index in [1.165, 1.54) is 24.3 Å². The lowest BCUT2D eigenvalue weighted by Gasteiger charge is -2.07. The number of benzene rings is 1. The third-order valence-electron chi connectivity index (χ3n) is 2.95. The van der Waals surface area contributed by atoms with Gasteiger partial charge in [0.15, 0.2) is 5.76 Å². The number of furan rings is 1. The number of aromatic nitrogens is 2. The first-order chi connectivity index (χ1) is 10.8. The minimum Gasteiger partial charge on any atom is -0.438 e. The van der Waals surface area contributed by atoms with Gasteiger partial charge in [-0.25, -0.2) is 4.39 Å². The SMILES string of the molecule is Cc1ccc(NS(=O)(=O)c2ccc(-c3nnc(C)o3)o2)c(F)c1. The first-order valence-electron chi connectivity index (χ1n) is 6.54. The van der Waals surface area contributed by atoms with Crippen LogP contribution in [0.25, 0.3) is 11.7 Å². The highest BCUT2D eigenvalue weighted by molar-refractivity contribution is 7.92. The smallest absolute Gasteiger partial charge is 0.295 e. The molecule has 0 spiro atoms. The number of hydrogen-bond acceptors (Lipinski definition) is 6. The van der Waals surface area contributed by atoms with E-state index in [0.29, 0.717) is 11.5 Å². The third kappa shape index (κ3) is 3.09. The number of anilines is 1. The molecule has 0 aliphatic heterocycles. The number of aryl methyl sites for hydroxylation is 2. The van der Waals surface area contributed by atoms with Gasteiger partial charge in [-0.05, 0) is 36.8 Å². The summed E-state index contributed by atoms with van der Waals surface area (Å²) in [5.41, 5.74) is 0.514. The number of halogens is 1. The van der Waals surface area contributed by atoms with Crippen LogP contribution in [0.1, 0.15) is 11.5 Å². The van der Waals surface area contributed by atoms with Crippen molar-refractivity contribution in [3.8, 4) is 11.7 Å². The molecule has 3 rings (SSSR count). The van der Waals surface area contributed by atoms with Crippen molar-refractivity contribution < 1.29 is 21.6 Å². The van der Waals surface area contributed by atoms with Crippen LogP contribution < -0.4 is 4.72 Å². The summed E-state index contributed by atoms with van der Waals surface area (Å²) in [6, 6.07) is 6.77. The van der Waals surface area contributed by atoms with Crippen LogP contribution in [0.2, 0.25) is 0 Å². The van der Waals surface area contributed by atoms with E-state index < -0.39 is 15.8 Å². The molecule has 3 aromatic rings. The Kier molecular flexibility index (Phi) is 3.64. The van der Waals surface area contributed by atoms with Crippen molar-refractivity contribution >= 4 is 15.7 Å². The zero-order valence-corrected chi connectivity index (χ0v) is 13.0. The van der Waals surface area contributed by atoms with Crippen LogP contribution in [0, 0.1) is 19.7 Å². The van der Waals surface area contributed by atoms with Crippen molar-refractivity contribution in [3.63, 3.8) is 0 Å². The van der Waals surface area contributed by atoms with E-state index in [1.807, 2.05) is 0 Å². The maximum atomic E-state index is 13.8. The average Bonchev–Trinajstić information content (AvgIpc) is 3.10. The summed E-state index contributed by atoms with van der Waals surface area (Å²) in [7, 11) is -4.08. The van der Waals surface area contributed by atoms with Crippen molar-refractivity contribution in [3.05, 3.63) is 47.6 Å². The molecule has 1 aromatic carbocycles. The van der Waals surface area contributed by atoms with Crippen LogP contribution in [0.3, 0.4) is 0 Å². The molecule has 2 heterocycles. The van der Waals surface area contributed by atoms with Crippen molar-refractivity contribution in [1.29, 1.82) is 0 Å². The number of rotatable bonds is 4. The number of nitrogens with one attached hydrogen (secondary N) is 1. The largest absolute Gasteiger partial charge is 0.438 e. The minimum atomic E-state index is -4.08. The summed E-state index contributed by atoms with van der Waals surface area (Å²) in [6.07, 6.45) is 0. The quantitative estimate of drug-likeness (QED) is 0.786. The third-order valence-corrected chi connectivity index (χ3v) is 4.19. The Bertz CT molecular complexity index is 962. The van der Waals surface area contributed by atoms with Crippen LogP contribution >= 0.6 is 0 Å². The van der Waals surface area contributed by atoms with E-state index >= 15 is 0 Å². The highest BCUT2D eigenvalue weighted by atomic mass is 32.2. The minimum absolute atomic E-state index is 0.0606. The Hall–Kier alpha value is -2.68. The maximum Gasteiger partial charge on any atom is 0.295 e. The molecule has 0 fully saturated rings. The van der Waals surface area contributed by atoms with Gasteiger partial charge in [-0.1, -0.05) is 6.07 Å². The number of sulfonamides is 1. The van der Waals surface area contributed by atoms with Gasteiger partial charge in [0, 0.05) is 6.92 Å². The monoisotopic (exact) mass is 337 g/mol. The van der Waals surface area contributed by atoms with Crippen molar-refractivity contribution in [2.75, 3.05) is 4.72 Å². The molecule has 120 valence electrons. The van der Waals surface area contributed by atoms with Gasteiger partial charge in [0.05, 0.1) is 5.69 Å². The Morgan fingerprint density at radius 2 is 1.87 bits per heavy atom. The first-order valence-corrected chi connectivity index (χ1v) is 8.03. The normalized spacial score (nSPS) is 11.6. The molecular formula is C14H12FN3O4S. The molecular weight excluding hydrogens is 325 g/mol. The van der Waals surface area contributed by atoms with Gasteiger partial charge in [-0.3, -0.25) is 4.72 Å². The molecule has 0 bridgehead atoms. The molecule has 0 aliphatic carbocycles. The molecule has 9 heteroatoms. The van der Waals surface area contributed by atoms with E-state index in [1.54, 1.807) is 19.9 Å². The molecule has 0 saturated heterocycles. The van der Waals surface area contributed by atoms with Gasteiger partial charge in [0.25, 0.3) is 15.9 Å². The lowest BCUT2D eigenvalue weighted by molar-refractivity contribution is 0.439. The molecule has 0 unspecified atom stereocenters. The topological polar surface area (TPSA) is 98.2 Å². The van der Waals surface area contributed by atoms with E-state index in [-0.39, 0.29) is 22.4 Å². The highest BCUT2D eigenvalue weighted by Crippen LogP contribution is 2.25. The summed E-state index contributed by atoms with van der Waals surface area (Å²) >= 11 is 0. The van der Waals surface area contributed by atoms with Gasteiger partial charge < -0.3 is 8.83 Å². The lowest BCUT2D eigenvalue weighted by Crippen LogP contribution is -2.13. The molecule has 1 N–H and O–H groups in total. The van der Waals surface area contributed by atoms with Crippen molar-refractivity contribution in [2.45, 2.75) is 18.9 Å². The van der Waals surface area contributed by atoms with E-state index in [2.05, 4.69) is 14.9 Å².